The van der Waals surface area contributed by atoms with Crippen LogP contribution in [0.15, 0.2) is 147 Å². The van der Waals surface area contributed by atoms with E-state index in [2.05, 4.69) is 58.5 Å². The number of fused-ring (bicyclic) bond motifs is 20. The maximum atomic E-state index is 12.2. The average molecular weight is 1450 g/mol. The summed E-state index contributed by atoms with van der Waals surface area (Å²) < 4.78 is 14.7. The number of primary amides is 3. The minimum Gasteiger partial charge on any atom is -0.444 e. The molecule has 4 fully saturated rings. The fourth-order valence-electron chi connectivity index (χ4n) is 18.0. The van der Waals surface area contributed by atoms with Crippen LogP contribution in [0.3, 0.4) is 0 Å². The molecule has 25 heteroatoms. The number of nitrogens with two attached hydrogens (primary N) is 3. The van der Waals surface area contributed by atoms with Crippen LogP contribution in [-0.2, 0) is 4.74 Å². The van der Waals surface area contributed by atoms with Gasteiger partial charge in [-0.05, 0) is 204 Å². The van der Waals surface area contributed by atoms with E-state index in [1.165, 1.54) is 50.7 Å². The van der Waals surface area contributed by atoms with Crippen LogP contribution in [-0.4, -0.2) is 107 Å². The van der Waals surface area contributed by atoms with Gasteiger partial charge in [-0.2, -0.15) is 0 Å². The Morgan fingerprint density at radius 3 is 1.02 bits per heavy atom. The van der Waals surface area contributed by atoms with Crippen molar-refractivity contribution in [2.45, 2.75) is 179 Å². The first-order chi connectivity index (χ1) is 52.7. The van der Waals surface area contributed by atoms with Crippen LogP contribution in [0.4, 0.5) is 10.6 Å². The zero-order chi connectivity index (χ0) is 75.3. The van der Waals surface area contributed by atoms with E-state index in [-0.39, 0.29) is 0 Å². The highest BCUT2D eigenvalue weighted by Crippen LogP contribution is 2.57. The number of imidazole rings is 4. The van der Waals surface area contributed by atoms with E-state index < -0.39 is 29.4 Å². The van der Waals surface area contributed by atoms with Crippen molar-refractivity contribution in [3.8, 4) is 90.6 Å². The number of aryl methyl sites for hydroxylation is 4. The van der Waals surface area contributed by atoms with Crippen LogP contribution in [0, 0.1) is 27.7 Å². The minimum absolute atomic E-state index is 0.423. The molecular weight excluding hydrogens is 1370 g/mol. The van der Waals surface area contributed by atoms with Gasteiger partial charge in [-0.25, -0.2) is 29.7 Å². The van der Waals surface area contributed by atoms with Gasteiger partial charge in [-0.15, -0.1) is 0 Å². The second kappa shape index (κ2) is 27.8. The van der Waals surface area contributed by atoms with Crippen molar-refractivity contribution in [1.82, 2.24) is 78.1 Å². The molecule has 4 amide bonds. The quantitative estimate of drug-likeness (QED) is 0.0883. The van der Waals surface area contributed by atoms with Gasteiger partial charge in [0.25, 0.3) is 17.7 Å². The summed E-state index contributed by atoms with van der Waals surface area (Å²) in [5.41, 5.74) is 35.3. The summed E-state index contributed by atoms with van der Waals surface area (Å²) in [7, 11) is 0. The molecule has 20 rings (SSSR count). The highest BCUT2D eigenvalue weighted by atomic mass is 16.6. The fourth-order valence-corrected chi connectivity index (χ4v) is 18.0. The number of ether oxygens (including phenoxy) is 1. The van der Waals surface area contributed by atoms with E-state index >= 15 is 0 Å². The van der Waals surface area contributed by atoms with Crippen molar-refractivity contribution in [2.75, 3.05) is 5.32 Å². The number of hydrogen-bond donors (Lipinski definition) is 4. The van der Waals surface area contributed by atoms with E-state index in [0.717, 1.165) is 182 Å². The molecule has 25 nitrogen and oxygen atoms in total. The predicted molar refractivity (Wildman–Crippen MR) is 412 cm³/mol. The maximum absolute atomic E-state index is 12.2. The van der Waals surface area contributed by atoms with Crippen LogP contribution in [0.5, 0.6) is 0 Å². The molecule has 8 bridgehead atoms. The molecule has 109 heavy (non-hydrogen) atoms. The lowest BCUT2D eigenvalue weighted by Gasteiger charge is -2.20. The molecule has 16 heterocycles. The molecule has 8 atom stereocenters. The van der Waals surface area contributed by atoms with Gasteiger partial charge in [0, 0.05) is 136 Å². The van der Waals surface area contributed by atoms with Crippen LogP contribution in [0.25, 0.3) is 90.6 Å². The standard InChI is InChI=1S/C24H27N5O2.3C20H19N5O/c1-14-6-5-7-18(26-14)20-21(29-17-9-8-16(12-17)22(29)28-20)15-10-11-25-19(13-15)27-23(30)31-24(2,3)4;3*1-11-3-2-4-16(23-11)17-18(14-7-8-22-10-15(14)19(21)26)25-13-6-5-12(9-13)20(25)24-17/h5-7,10-11,13,16-17H,8-9,12H2,1-4H3,(H,25,27,30);3*2-4,7-8,10,12-13H,5-6,9H2,1H3,(H2,21,26)/t;2*12-,13+;/m.10./s1. The Morgan fingerprint density at radius 2 is 0.716 bits per heavy atom. The molecule has 0 aromatic carbocycles. The van der Waals surface area contributed by atoms with Crippen LogP contribution >= 0.6 is 0 Å². The average Bonchev–Trinajstić information content (AvgIpc) is 1.59. The second-order valence-corrected chi connectivity index (χ2v) is 30.9. The predicted octanol–water partition coefficient (Wildman–Crippen LogP) is 15.2. The number of rotatable bonds is 12. The lowest BCUT2D eigenvalue weighted by Crippen LogP contribution is -2.27. The lowest BCUT2D eigenvalue weighted by molar-refractivity contribution is 0.0634. The van der Waals surface area contributed by atoms with E-state index in [9.17, 15) is 19.2 Å². The SMILES string of the molecule is Cc1cccc(-c2nc3n(c2-c2ccnc(NC(=O)OC(C)(C)C)c2)C2CCC3C2)n1.Cc1cccc(-c2nc3n(c2-c2ccncc2C(N)=O)C2CCC3C2)n1.Cc1cccc(-c2nc3n(c2-c2ccncc2C(N)=O)[C@@H]2CC[C@H]3C2)n1.Cc1cccc(-c2nc3n(c2-c2ccncc2C(N)=O)[C@H]2CC[C@@H]3C2)n1. The number of amides is 4. The zero-order valence-electron chi connectivity index (χ0n) is 61.9. The number of nitrogens with one attached hydrogen (secondary N) is 1. The molecule has 12 aromatic heterocycles. The minimum atomic E-state index is -0.572. The summed E-state index contributed by atoms with van der Waals surface area (Å²) in [4.78, 5) is 104. The molecule has 4 unspecified atom stereocenters. The number of hydrogen-bond acceptors (Lipinski definition) is 17. The molecule has 4 aliphatic carbocycles. The van der Waals surface area contributed by atoms with Crippen molar-refractivity contribution >= 4 is 29.6 Å². The molecule has 12 aromatic rings. The number of carbonyl (C=O) groups excluding carboxylic acids is 4. The smallest absolute Gasteiger partial charge is 0.413 e. The number of aromatic nitrogens is 16. The van der Waals surface area contributed by atoms with E-state index in [0.29, 0.717) is 70.3 Å². The Morgan fingerprint density at radius 1 is 0.404 bits per heavy atom. The number of pyridine rings is 8. The monoisotopic (exact) mass is 1450 g/mol. The number of anilines is 1. The molecule has 4 saturated carbocycles. The maximum Gasteiger partial charge on any atom is 0.413 e. The highest BCUT2D eigenvalue weighted by molar-refractivity contribution is 6.03. The molecular formula is C84H84N20O5. The third-order valence-corrected chi connectivity index (χ3v) is 22.5. The topological polar surface area (TPSA) is 342 Å². The van der Waals surface area contributed by atoms with Crippen molar-refractivity contribution in [3.63, 3.8) is 0 Å². The normalized spacial score (nSPS) is 20.1. The van der Waals surface area contributed by atoms with Gasteiger partial charge in [0.2, 0.25) is 0 Å². The van der Waals surface area contributed by atoms with Crippen LogP contribution < -0.4 is 22.5 Å². The van der Waals surface area contributed by atoms with Gasteiger partial charge < -0.3 is 40.2 Å². The summed E-state index contributed by atoms with van der Waals surface area (Å²) in [6.07, 6.45) is 24.8. The third kappa shape index (κ3) is 12.9. The van der Waals surface area contributed by atoms with E-state index in [4.69, 9.17) is 46.9 Å². The van der Waals surface area contributed by atoms with Gasteiger partial charge in [0.05, 0.1) is 62.2 Å². The summed E-state index contributed by atoms with van der Waals surface area (Å²) >= 11 is 0. The summed E-state index contributed by atoms with van der Waals surface area (Å²) in [5, 5.41) is 2.75. The van der Waals surface area contributed by atoms with E-state index in [1.54, 1.807) is 24.8 Å². The molecule has 8 aliphatic rings. The first kappa shape index (κ1) is 69.7. The summed E-state index contributed by atoms with van der Waals surface area (Å²) in [6.45, 7) is 13.4. The van der Waals surface area contributed by atoms with Gasteiger partial charge >= 0.3 is 6.09 Å². The summed E-state index contributed by atoms with van der Waals surface area (Å²) in [5.74, 6) is 5.52. The zero-order valence-corrected chi connectivity index (χ0v) is 61.9. The Balaban J connectivity index is 0.000000106. The van der Waals surface area contributed by atoms with Crippen molar-refractivity contribution in [1.29, 1.82) is 0 Å². The van der Waals surface area contributed by atoms with Crippen LogP contribution in [0.2, 0.25) is 0 Å². The Kier molecular flexibility index (Phi) is 17.8. The number of nitrogens with zero attached hydrogens (tertiary/aromatic N) is 16. The van der Waals surface area contributed by atoms with Crippen molar-refractivity contribution in [3.05, 3.63) is 209 Å². The van der Waals surface area contributed by atoms with Gasteiger partial charge in [-0.3, -0.25) is 54.6 Å². The first-order valence-electron chi connectivity index (χ1n) is 37.6. The summed E-state index contributed by atoms with van der Waals surface area (Å²) in [6, 6.07) is 35.0. The second-order valence-electron chi connectivity index (χ2n) is 30.9. The first-order valence-corrected chi connectivity index (χ1v) is 37.6. The third-order valence-electron chi connectivity index (χ3n) is 22.5. The van der Waals surface area contributed by atoms with E-state index in [1.807, 2.05) is 152 Å². The van der Waals surface area contributed by atoms with Crippen LogP contribution in [0.1, 0.15) is 223 Å². The molecule has 7 N–H and O–H groups in total. The van der Waals surface area contributed by atoms with Gasteiger partial charge in [0.1, 0.15) is 57.5 Å². The Bertz CT molecular complexity index is 5250. The lowest BCUT2D eigenvalue weighted by atomic mass is 10.0. The van der Waals surface area contributed by atoms with Gasteiger partial charge in [-0.1, -0.05) is 24.3 Å². The van der Waals surface area contributed by atoms with Gasteiger partial charge in [0.15, 0.2) is 0 Å². The number of carbonyl (C=O) groups is 4. The van der Waals surface area contributed by atoms with Crippen molar-refractivity contribution in [2.24, 2.45) is 17.2 Å². The largest absolute Gasteiger partial charge is 0.444 e. The molecule has 4 aliphatic heterocycles. The molecule has 550 valence electrons. The Labute approximate surface area is 629 Å². The molecule has 0 radical (unpaired) electrons. The molecule has 0 saturated heterocycles. The highest BCUT2D eigenvalue weighted by Gasteiger charge is 2.46. The fraction of sp³-hybridized carbons (Fsp3) is 0.333. The van der Waals surface area contributed by atoms with Crippen molar-refractivity contribution < 1.29 is 23.9 Å². The Hall–Kier alpha value is -12.3. The molecule has 0 spiro atoms.